The fraction of sp³-hybridized carbons (Fsp3) is 0.263. The fourth-order valence-electron chi connectivity index (χ4n) is 3.49. The number of rotatable bonds is 2. The Balaban J connectivity index is 1.69. The quantitative estimate of drug-likeness (QED) is 0.897. The normalized spacial score (nSPS) is 24.6. The minimum Gasteiger partial charge on any atom is -0.489 e. The van der Waals surface area contributed by atoms with Crippen molar-refractivity contribution in [2.75, 3.05) is 13.7 Å². The highest BCUT2D eigenvalue weighted by Crippen LogP contribution is 2.39. The SMILES string of the molecule is CN1[C@H](CC2=Cc3ccccc3OC2)[C@H](O)c2ccccc2S1(=O)=O. The molecule has 25 heavy (non-hydrogen) atoms. The second-order valence-electron chi connectivity index (χ2n) is 6.40. The van der Waals surface area contributed by atoms with Gasteiger partial charge in [-0.3, -0.25) is 0 Å². The van der Waals surface area contributed by atoms with E-state index in [1.54, 1.807) is 24.3 Å². The number of fused-ring (bicyclic) bond motifs is 2. The number of benzene rings is 2. The lowest BCUT2D eigenvalue weighted by atomic mass is 9.94. The first kappa shape index (κ1) is 16.3. The van der Waals surface area contributed by atoms with Crippen LogP contribution < -0.4 is 4.74 Å². The van der Waals surface area contributed by atoms with Gasteiger partial charge in [0.25, 0.3) is 0 Å². The zero-order chi connectivity index (χ0) is 17.6. The van der Waals surface area contributed by atoms with Gasteiger partial charge in [0.2, 0.25) is 10.0 Å². The molecule has 1 N–H and O–H groups in total. The van der Waals surface area contributed by atoms with E-state index in [2.05, 4.69) is 0 Å². The molecule has 130 valence electrons. The van der Waals surface area contributed by atoms with Crippen molar-refractivity contribution in [1.82, 2.24) is 4.31 Å². The molecule has 2 aromatic rings. The smallest absolute Gasteiger partial charge is 0.243 e. The standard InChI is InChI=1S/C19H19NO4S/c1-20-16(11-13-10-14-6-2-4-8-17(14)24-12-13)19(21)15-7-3-5-9-18(15)25(20,22)23/h2-10,16,19,21H,11-12H2,1H3/t16-,19-/m1/s1. The van der Waals surface area contributed by atoms with Gasteiger partial charge >= 0.3 is 0 Å². The van der Waals surface area contributed by atoms with Crippen LogP contribution in [0.4, 0.5) is 0 Å². The average Bonchev–Trinajstić information content (AvgIpc) is 2.64. The number of nitrogens with zero attached hydrogens (tertiary/aromatic N) is 1. The lowest BCUT2D eigenvalue weighted by Gasteiger charge is -2.37. The minimum atomic E-state index is -3.61. The number of likely N-dealkylation sites (N-methyl/N-ethyl adjacent to an activating group) is 1. The van der Waals surface area contributed by atoms with E-state index in [1.165, 1.54) is 11.4 Å². The van der Waals surface area contributed by atoms with Crippen LogP contribution in [0.2, 0.25) is 0 Å². The Morgan fingerprint density at radius 1 is 1.16 bits per heavy atom. The van der Waals surface area contributed by atoms with E-state index >= 15 is 0 Å². The van der Waals surface area contributed by atoms with Crippen molar-refractivity contribution in [2.24, 2.45) is 0 Å². The van der Waals surface area contributed by atoms with Gasteiger partial charge in [0.05, 0.1) is 17.0 Å². The molecule has 0 radical (unpaired) electrons. The third-order valence-corrected chi connectivity index (χ3v) is 6.85. The van der Waals surface area contributed by atoms with E-state index in [1.807, 2.05) is 30.3 Å². The lowest BCUT2D eigenvalue weighted by molar-refractivity contribution is 0.0879. The highest BCUT2D eigenvalue weighted by Gasteiger charge is 2.41. The summed E-state index contributed by atoms with van der Waals surface area (Å²) in [5.74, 6) is 0.821. The van der Waals surface area contributed by atoms with Gasteiger partial charge in [0.15, 0.2) is 0 Å². The monoisotopic (exact) mass is 357 g/mol. The van der Waals surface area contributed by atoms with E-state index < -0.39 is 22.2 Å². The number of para-hydroxylation sites is 1. The molecule has 0 aliphatic carbocycles. The first-order valence-electron chi connectivity index (χ1n) is 8.15. The lowest BCUT2D eigenvalue weighted by Crippen LogP contribution is -2.45. The van der Waals surface area contributed by atoms with Crippen LogP contribution in [0.1, 0.15) is 23.7 Å². The Morgan fingerprint density at radius 2 is 1.88 bits per heavy atom. The van der Waals surface area contributed by atoms with Crippen LogP contribution in [0.15, 0.2) is 59.0 Å². The largest absolute Gasteiger partial charge is 0.489 e. The van der Waals surface area contributed by atoms with Crippen LogP contribution in [-0.2, 0) is 10.0 Å². The first-order chi connectivity index (χ1) is 12.0. The van der Waals surface area contributed by atoms with Gasteiger partial charge in [0, 0.05) is 18.2 Å². The third-order valence-electron chi connectivity index (χ3n) is 4.89. The maximum Gasteiger partial charge on any atom is 0.243 e. The fourth-order valence-corrected chi connectivity index (χ4v) is 5.08. The summed E-state index contributed by atoms with van der Waals surface area (Å²) in [5.41, 5.74) is 2.40. The van der Waals surface area contributed by atoms with Gasteiger partial charge in [-0.05, 0) is 30.2 Å². The maximum atomic E-state index is 12.8. The van der Waals surface area contributed by atoms with Crippen molar-refractivity contribution < 1.29 is 18.3 Å². The molecule has 0 amide bonds. The van der Waals surface area contributed by atoms with Crippen molar-refractivity contribution in [1.29, 1.82) is 0 Å². The van der Waals surface area contributed by atoms with Crippen molar-refractivity contribution in [3.63, 3.8) is 0 Å². The molecule has 0 spiro atoms. The summed E-state index contributed by atoms with van der Waals surface area (Å²) in [5, 5.41) is 10.8. The van der Waals surface area contributed by atoms with Gasteiger partial charge < -0.3 is 9.84 Å². The molecule has 0 aromatic heterocycles. The molecule has 0 saturated heterocycles. The third kappa shape index (κ3) is 2.66. The molecular weight excluding hydrogens is 338 g/mol. The number of ether oxygens (including phenoxy) is 1. The van der Waals surface area contributed by atoms with Gasteiger partial charge in [-0.2, -0.15) is 4.31 Å². The average molecular weight is 357 g/mol. The predicted octanol–water partition coefficient (Wildman–Crippen LogP) is 2.59. The summed E-state index contributed by atoms with van der Waals surface area (Å²) in [6.07, 6.45) is 1.56. The molecule has 0 fully saturated rings. The molecule has 0 unspecified atom stereocenters. The van der Waals surface area contributed by atoms with Gasteiger partial charge in [-0.1, -0.05) is 36.4 Å². The zero-order valence-corrected chi connectivity index (χ0v) is 14.6. The molecule has 0 bridgehead atoms. The molecule has 2 aliphatic heterocycles. The number of hydrogen-bond acceptors (Lipinski definition) is 4. The Morgan fingerprint density at radius 3 is 2.72 bits per heavy atom. The summed E-state index contributed by atoms with van der Waals surface area (Å²) in [7, 11) is -2.08. The summed E-state index contributed by atoms with van der Waals surface area (Å²) < 4.78 is 32.6. The Labute approximate surface area is 147 Å². The van der Waals surface area contributed by atoms with E-state index in [4.69, 9.17) is 4.74 Å². The Hall–Kier alpha value is -2.15. The molecule has 0 saturated carbocycles. The molecule has 2 aromatic carbocycles. The molecule has 6 heteroatoms. The molecule has 5 nitrogen and oxygen atoms in total. The van der Waals surface area contributed by atoms with Gasteiger partial charge in [-0.15, -0.1) is 0 Å². The van der Waals surface area contributed by atoms with E-state index in [0.717, 1.165) is 16.9 Å². The van der Waals surface area contributed by atoms with Crippen LogP contribution in [0.25, 0.3) is 6.08 Å². The summed E-state index contributed by atoms with van der Waals surface area (Å²) in [4.78, 5) is 0.181. The predicted molar refractivity (Wildman–Crippen MR) is 94.7 cm³/mol. The number of hydrogen-bond donors (Lipinski definition) is 1. The Kier molecular flexibility index (Phi) is 3.91. The summed E-state index contributed by atoms with van der Waals surface area (Å²) >= 11 is 0. The first-order valence-corrected chi connectivity index (χ1v) is 9.59. The summed E-state index contributed by atoms with van der Waals surface area (Å²) in [6, 6.07) is 13.8. The summed E-state index contributed by atoms with van der Waals surface area (Å²) in [6.45, 7) is 0.399. The van der Waals surface area contributed by atoms with Crippen LogP contribution in [0.5, 0.6) is 5.75 Å². The van der Waals surface area contributed by atoms with Crippen LogP contribution in [0, 0.1) is 0 Å². The van der Waals surface area contributed by atoms with E-state index in [-0.39, 0.29) is 4.90 Å². The van der Waals surface area contributed by atoms with Crippen molar-refractivity contribution >= 4 is 16.1 Å². The van der Waals surface area contributed by atoms with E-state index in [9.17, 15) is 13.5 Å². The zero-order valence-electron chi connectivity index (χ0n) is 13.8. The van der Waals surface area contributed by atoms with Crippen molar-refractivity contribution in [3.8, 4) is 5.75 Å². The number of sulfonamides is 1. The Bertz CT molecular complexity index is 951. The molecule has 2 heterocycles. The second kappa shape index (κ2) is 5.98. The minimum absolute atomic E-state index is 0.181. The van der Waals surface area contributed by atoms with Crippen LogP contribution in [-0.4, -0.2) is 37.5 Å². The van der Waals surface area contributed by atoms with E-state index in [0.29, 0.717) is 18.6 Å². The second-order valence-corrected chi connectivity index (χ2v) is 8.37. The molecule has 4 rings (SSSR count). The highest BCUT2D eigenvalue weighted by atomic mass is 32.2. The van der Waals surface area contributed by atoms with Crippen molar-refractivity contribution in [2.45, 2.75) is 23.5 Å². The highest BCUT2D eigenvalue weighted by molar-refractivity contribution is 7.89. The maximum absolute atomic E-state index is 12.8. The molecule has 2 atom stereocenters. The van der Waals surface area contributed by atoms with Gasteiger partial charge in [-0.25, -0.2) is 8.42 Å². The number of aliphatic hydroxyl groups is 1. The van der Waals surface area contributed by atoms with Gasteiger partial charge in [0.1, 0.15) is 12.4 Å². The number of aliphatic hydroxyl groups excluding tert-OH is 1. The topological polar surface area (TPSA) is 66.8 Å². The van der Waals surface area contributed by atoms with Crippen molar-refractivity contribution in [3.05, 3.63) is 65.2 Å². The van der Waals surface area contributed by atoms with Crippen LogP contribution >= 0.6 is 0 Å². The molecular formula is C19H19NO4S. The molecule has 2 aliphatic rings. The van der Waals surface area contributed by atoms with Crippen LogP contribution in [0.3, 0.4) is 0 Å².